The minimum atomic E-state index is -4.16. The Morgan fingerprint density at radius 3 is 2.24 bits per heavy atom. The third-order valence-corrected chi connectivity index (χ3v) is 9.42. The number of nitrogens with one attached hydrogen (secondary N) is 2. The molecule has 0 aromatic heterocycles. The normalized spacial score (nSPS) is 17.1. The number of sulfonamides is 1. The number of amides is 3. The lowest BCUT2D eigenvalue weighted by molar-refractivity contribution is -0.135. The number of hydrogen-bond donors (Lipinski definition) is 3. The summed E-state index contributed by atoms with van der Waals surface area (Å²) in [6.45, 7) is 17.8. The van der Waals surface area contributed by atoms with Crippen LogP contribution >= 0.6 is 0 Å². The third kappa shape index (κ3) is 9.17. The monoisotopic (exact) mass is 666 g/mol. The number of hydrogen-bond acceptors (Lipinski definition) is 8. The van der Waals surface area contributed by atoms with Crippen molar-refractivity contribution in [2.75, 3.05) is 39.3 Å². The van der Waals surface area contributed by atoms with Gasteiger partial charge in [-0.25, -0.2) is 9.59 Å². The molecule has 2 heterocycles. The van der Waals surface area contributed by atoms with E-state index in [4.69, 9.17) is 19.9 Å². The molecular weight excluding hydrogens is 616 g/mol. The molecule has 15 heteroatoms. The molecule has 0 radical (unpaired) electrons. The van der Waals surface area contributed by atoms with Gasteiger partial charge in [0, 0.05) is 44.7 Å². The Bertz CT molecular complexity index is 1460. The first kappa shape index (κ1) is 36.7. The fourth-order valence-corrected chi connectivity index (χ4v) is 7.08. The summed E-state index contributed by atoms with van der Waals surface area (Å²) >= 11 is 0. The van der Waals surface area contributed by atoms with Crippen LogP contribution in [0.15, 0.2) is 9.29 Å². The van der Waals surface area contributed by atoms with Crippen LogP contribution in [0.5, 0.6) is 5.75 Å². The second kappa shape index (κ2) is 14.3. The van der Waals surface area contributed by atoms with Crippen LogP contribution in [0.1, 0.15) is 76.6 Å². The van der Waals surface area contributed by atoms with E-state index >= 15 is 0 Å². The first-order chi connectivity index (χ1) is 21.3. The minimum Gasteiger partial charge on any atom is -0.487 e. The molecular formula is C31H50N6O8S. The van der Waals surface area contributed by atoms with Gasteiger partial charge < -0.3 is 40.4 Å². The summed E-state index contributed by atoms with van der Waals surface area (Å²) in [7, 11) is -4.16. The molecule has 14 nitrogen and oxygen atoms in total. The number of rotatable bonds is 9. The highest BCUT2D eigenvalue weighted by Gasteiger charge is 2.37. The van der Waals surface area contributed by atoms with Crippen LogP contribution in [0.25, 0.3) is 0 Å². The summed E-state index contributed by atoms with van der Waals surface area (Å²) in [5.74, 6) is 0.120. The van der Waals surface area contributed by atoms with Crippen LogP contribution in [0, 0.1) is 20.8 Å². The predicted molar refractivity (Wildman–Crippen MR) is 173 cm³/mol. The Labute approximate surface area is 272 Å². The highest BCUT2D eigenvalue weighted by Crippen LogP contribution is 2.44. The number of guanidine groups is 1. The highest BCUT2D eigenvalue weighted by atomic mass is 32.2. The van der Waals surface area contributed by atoms with Gasteiger partial charge in [-0.15, -0.1) is 4.40 Å². The van der Waals surface area contributed by atoms with Crippen LogP contribution in [-0.2, 0) is 30.7 Å². The van der Waals surface area contributed by atoms with E-state index in [0.29, 0.717) is 37.1 Å². The molecule has 1 atom stereocenters. The number of fused-ring (bicyclic) bond motifs is 1. The van der Waals surface area contributed by atoms with Crippen molar-refractivity contribution in [1.29, 1.82) is 0 Å². The van der Waals surface area contributed by atoms with Gasteiger partial charge in [-0.1, -0.05) is 0 Å². The van der Waals surface area contributed by atoms with Gasteiger partial charge >= 0.3 is 12.2 Å². The fourth-order valence-electron chi connectivity index (χ4n) is 5.61. The fraction of sp³-hybridized carbons (Fsp3) is 0.677. The molecule has 0 aliphatic carbocycles. The smallest absolute Gasteiger partial charge is 0.409 e. The van der Waals surface area contributed by atoms with Crippen molar-refractivity contribution in [1.82, 2.24) is 20.4 Å². The topological polar surface area (TPSA) is 182 Å². The molecule has 2 aliphatic rings. The summed E-state index contributed by atoms with van der Waals surface area (Å²) in [6, 6.07) is -0.918. The number of piperazine rings is 1. The van der Waals surface area contributed by atoms with E-state index in [-0.39, 0.29) is 49.4 Å². The SMILES string of the molecule is CCOC(=O)N1CCN(C(=O)[C@H](CCCN/C(N)=N/S(=O)(=O)c2c(C)c(C)c3c(c2C)CC(C)(C)O3)NC(=O)OC(C)(C)C)CC1. The lowest BCUT2D eigenvalue weighted by atomic mass is 9.94. The van der Waals surface area contributed by atoms with E-state index in [1.807, 2.05) is 20.8 Å². The number of ether oxygens (including phenoxy) is 3. The maximum Gasteiger partial charge on any atom is 0.409 e. The second-order valence-electron chi connectivity index (χ2n) is 13.3. The molecule has 0 saturated carbocycles. The van der Waals surface area contributed by atoms with Crippen molar-refractivity contribution >= 4 is 34.1 Å². The van der Waals surface area contributed by atoms with Gasteiger partial charge in [-0.05, 0) is 91.8 Å². The summed E-state index contributed by atoms with van der Waals surface area (Å²) in [5, 5.41) is 5.48. The van der Waals surface area contributed by atoms with Crippen molar-refractivity contribution < 1.29 is 37.0 Å². The highest BCUT2D eigenvalue weighted by molar-refractivity contribution is 7.90. The Kier molecular flexibility index (Phi) is 11.5. The van der Waals surface area contributed by atoms with Crippen molar-refractivity contribution in [2.45, 2.75) is 104 Å². The molecule has 46 heavy (non-hydrogen) atoms. The van der Waals surface area contributed by atoms with Gasteiger partial charge in [0.25, 0.3) is 10.0 Å². The van der Waals surface area contributed by atoms with Crippen LogP contribution < -0.4 is 21.1 Å². The van der Waals surface area contributed by atoms with Gasteiger partial charge in [-0.2, -0.15) is 8.42 Å². The molecule has 1 aromatic rings. The number of carbonyl (C=O) groups is 3. The summed E-state index contributed by atoms with van der Waals surface area (Å²) in [4.78, 5) is 41.3. The standard InChI is InChI=1S/C31H50N6O8S/c1-10-43-29(40)37-16-14-36(15-17-37)26(38)23(34-28(39)45-30(5,6)7)12-11-13-33-27(32)35-46(41,42)25-20(3)19(2)24-22(21(25)4)18-31(8,9)44-24/h23H,10-18H2,1-9H3,(H,34,39)(H3,32,33,35)/t23-/m0/s1. The van der Waals surface area contributed by atoms with Gasteiger partial charge in [-0.3, -0.25) is 4.79 Å². The molecule has 0 bridgehead atoms. The number of nitrogens with two attached hydrogens (primary N) is 1. The molecule has 3 amide bonds. The van der Waals surface area contributed by atoms with Gasteiger partial charge in [0.1, 0.15) is 23.0 Å². The number of benzene rings is 1. The lowest BCUT2D eigenvalue weighted by Gasteiger charge is -2.36. The summed E-state index contributed by atoms with van der Waals surface area (Å²) < 4.78 is 47.3. The van der Waals surface area contributed by atoms with Gasteiger partial charge in [0.05, 0.1) is 11.5 Å². The van der Waals surface area contributed by atoms with E-state index in [2.05, 4.69) is 15.0 Å². The molecule has 1 aromatic carbocycles. The Morgan fingerprint density at radius 1 is 1.04 bits per heavy atom. The van der Waals surface area contributed by atoms with E-state index in [0.717, 1.165) is 16.9 Å². The van der Waals surface area contributed by atoms with Crippen LogP contribution in [0.2, 0.25) is 0 Å². The maximum absolute atomic E-state index is 13.5. The molecule has 258 valence electrons. The molecule has 2 aliphatic heterocycles. The van der Waals surface area contributed by atoms with Crippen LogP contribution in [0.3, 0.4) is 0 Å². The van der Waals surface area contributed by atoms with Crippen LogP contribution in [0.4, 0.5) is 9.59 Å². The quantitative estimate of drug-likeness (QED) is 0.201. The molecule has 1 fully saturated rings. The maximum atomic E-state index is 13.5. The van der Waals surface area contributed by atoms with Gasteiger partial charge in [0.2, 0.25) is 11.9 Å². The van der Waals surface area contributed by atoms with E-state index in [1.165, 1.54) is 4.90 Å². The van der Waals surface area contributed by atoms with Crippen molar-refractivity contribution in [3.8, 4) is 5.75 Å². The predicted octanol–water partition coefficient (Wildman–Crippen LogP) is 2.89. The molecule has 0 unspecified atom stereocenters. The largest absolute Gasteiger partial charge is 0.487 e. The lowest BCUT2D eigenvalue weighted by Crippen LogP contribution is -2.56. The zero-order valence-electron chi connectivity index (χ0n) is 28.5. The number of carbonyl (C=O) groups excluding carboxylic acids is 3. The van der Waals surface area contributed by atoms with Crippen molar-refractivity contribution in [2.24, 2.45) is 10.1 Å². The first-order valence-electron chi connectivity index (χ1n) is 15.6. The van der Waals surface area contributed by atoms with Crippen molar-refractivity contribution in [3.63, 3.8) is 0 Å². The first-order valence-corrected chi connectivity index (χ1v) is 17.1. The zero-order valence-corrected chi connectivity index (χ0v) is 29.4. The Morgan fingerprint density at radius 2 is 1.65 bits per heavy atom. The zero-order chi connectivity index (χ0) is 34.6. The molecule has 3 rings (SSSR count). The summed E-state index contributed by atoms with van der Waals surface area (Å²) in [5.41, 5.74) is 7.57. The third-order valence-electron chi connectivity index (χ3n) is 7.85. The second-order valence-corrected chi connectivity index (χ2v) is 14.8. The van der Waals surface area contributed by atoms with E-state index < -0.39 is 39.5 Å². The Balaban J connectivity index is 1.67. The van der Waals surface area contributed by atoms with Gasteiger partial charge in [0.15, 0.2) is 0 Å². The summed E-state index contributed by atoms with van der Waals surface area (Å²) in [6.07, 6.45) is -0.0390. The average Bonchev–Trinajstić information content (AvgIpc) is 3.27. The van der Waals surface area contributed by atoms with E-state index in [9.17, 15) is 22.8 Å². The molecule has 1 saturated heterocycles. The Hall–Kier alpha value is -3.75. The molecule has 0 spiro atoms. The number of nitrogens with zero attached hydrogens (tertiary/aromatic N) is 3. The number of alkyl carbamates (subject to hydrolysis) is 1. The minimum absolute atomic E-state index is 0.116. The van der Waals surface area contributed by atoms with E-state index in [1.54, 1.807) is 46.4 Å². The van der Waals surface area contributed by atoms with Crippen LogP contribution in [-0.4, -0.2) is 98.8 Å². The average molecular weight is 667 g/mol. The van der Waals surface area contributed by atoms with Crippen molar-refractivity contribution in [3.05, 3.63) is 22.3 Å². The molecule has 4 N–H and O–H groups in total.